The predicted octanol–water partition coefficient (Wildman–Crippen LogP) is 2.84. The molecule has 1 spiro atoms. The van der Waals surface area contributed by atoms with Gasteiger partial charge in [-0.15, -0.1) is 23.7 Å². The Morgan fingerprint density at radius 3 is 2.67 bits per heavy atom. The van der Waals surface area contributed by atoms with Crippen LogP contribution in [0.25, 0.3) is 0 Å². The molecular weight excluding hydrogens is 384 g/mol. The summed E-state index contributed by atoms with van der Waals surface area (Å²) < 4.78 is 6.20. The van der Waals surface area contributed by atoms with E-state index in [-0.39, 0.29) is 29.7 Å². The quantitative estimate of drug-likeness (QED) is 0.818. The van der Waals surface area contributed by atoms with E-state index >= 15 is 0 Å². The van der Waals surface area contributed by atoms with Gasteiger partial charge in [0.25, 0.3) is 0 Å². The monoisotopic (exact) mass is 408 g/mol. The molecule has 1 saturated heterocycles. The minimum absolute atomic E-state index is 0. The van der Waals surface area contributed by atoms with Crippen LogP contribution in [0.5, 0.6) is 5.75 Å². The van der Waals surface area contributed by atoms with Crippen LogP contribution in [0, 0.1) is 0 Å². The first kappa shape index (κ1) is 20.1. The highest BCUT2D eigenvalue weighted by molar-refractivity contribution is 7.10. The summed E-state index contributed by atoms with van der Waals surface area (Å²) in [5.41, 5.74) is 8.32. The molecule has 1 aromatic heterocycles. The Labute approximate surface area is 169 Å². The summed E-state index contributed by atoms with van der Waals surface area (Å²) in [5.74, 6) is 0.213. The second-order valence-corrected chi connectivity index (χ2v) is 8.09. The second kappa shape index (κ2) is 8.19. The van der Waals surface area contributed by atoms with Crippen molar-refractivity contribution in [2.45, 2.75) is 37.3 Å². The molecule has 0 aliphatic carbocycles. The van der Waals surface area contributed by atoms with E-state index in [1.165, 1.54) is 10.4 Å². The third kappa shape index (κ3) is 3.99. The van der Waals surface area contributed by atoms with Crippen LogP contribution >= 0.6 is 23.7 Å². The van der Waals surface area contributed by atoms with Crippen LogP contribution in [0.1, 0.15) is 28.8 Å². The molecule has 2 aromatic rings. The Morgan fingerprint density at radius 2 is 1.96 bits per heavy atom. The average molecular weight is 409 g/mol. The zero-order valence-electron chi connectivity index (χ0n) is 15.1. The van der Waals surface area contributed by atoms with E-state index in [4.69, 9.17) is 10.5 Å². The molecule has 146 valence electrons. The van der Waals surface area contributed by atoms with Crippen molar-refractivity contribution in [3.63, 3.8) is 0 Å². The van der Waals surface area contributed by atoms with Gasteiger partial charge in [-0.1, -0.05) is 12.1 Å². The molecule has 0 bridgehead atoms. The number of benzene rings is 1. The number of nitrogens with two attached hydrogens (primary N) is 1. The smallest absolute Gasteiger partial charge is 0.239 e. The van der Waals surface area contributed by atoms with Gasteiger partial charge in [-0.2, -0.15) is 0 Å². The highest BCUT2D eigenvalue weighted by Gasteiger charge is 2.43. The van der Waals surface area contributed by atoms with Gasteiger partial charge in [0.05, 0.1) is 12.6 Å². The molecule has 5 nitrogen and oxygen atoms in total. The molecule has 27 heavy (non-hydrogen) atoms. The maximum atomic E-state index is 12.7. The topological polar surface area (TPSA) is 75.8 Å². The number of carbonyl (C=O) groups excluding carboxylic acids is 1. The molecule has 2 aliphatic rings. The lowest BCUT2D eigenvalue weighted by atomic mass is 9.85. The number of thiophene rings is 1. The first-order valence-corrected chi connectivity index (χ1v) is 9.98. The first-order chi connectivity index (χ1) is 12.6. The molecule has 3 heterocycles. The normalized spacial score (nSPS) is 19.2. The number of hydrogen-bond donors (Lipinski definition) is 2. The molecular formula is C20H25ClN2O3S. The van der Waals surface area contributed by atoms with E-state index in [9.17, 15) is 9.90 Å². The van der Waals surface area contributed by atoms with Crippen molar-refractivity contribution in [1.29, 1.82) is 0 Å². The van der Waals surface area contributed by atoms with Gasteiger partial charge in [-0.3, -0.25) is 4.79 Å². The zero-order valence-corrected chi connectivity index (χ0v) is 16.7. The standard InChI is InChI=1S/C20H24N2O3S.ClH/c21-17(13-14-1-3-16(23)4-2-14)19(24)22-9-7-20(8-10-22)18-15(5-11-25-20)6-12-26-18;/h1-4,6,12,17,23H,5,7-11,13,21H2;1H/t17-;/m0./s1. The molecule has 3 N–H and O–H groups in total. The lowest BCUT2D eigenvalue weighted by molar-refractivity contribution is -0.141. The van der Waals surface area contributed by atoms with Gasteiger partial charge in [-0.25, -0.2) is 0 Å². The number of rotatable bonds is 3. The average Bonchev–Trinajstić information content (AvgIpc) is 3.14. The van der Waals surface area contributed by atoms with Crippen molar-refractivity contribution < 1.29 is 14.6 Å². The minimum Gasteiger partial charge on any atom is -0.508 e. The van der Waals surface area contributed by atoms with E-state index in [1.54, 1.807) is 23.5 Å². The number of aromatic hydroxyl groups is 1. The number of carbonyl (C=O) groups is 1. The maximum absolute atomic E-state index is 12.7. The third-order valence-corrected chi connectivity index (χ3v) is 6.64. The number of phenolic OH excluding ortho intramolecular Hbond substituents is 1. The van der Waals surface area contributed by atoms with Crippen LogP contribution in [0.2, 0.25) is 0 Å². The Bertz CT molecular complexity index is 785. The summed E-state index contributed by atoms with van der Waals surface area (Å²) >= 11 is 1.78. The summed E-state index contributed by atoms with van der Waals surface area (Å²) in [4.78, 5) is 16.0. The van der Waals surface area contributed by atoms with Crippen LogP contribution in [-0.4, -0.2) is 41.7 Å². The molecule has 1 aromatic carbocycles. The Kier molecular flexibility index (Phi) is 6.11. The van der Waals surface area contributed by atoms with Crippen molar-refractivity contribution in [2.24, 2.45) is 5.73 Å². The molecule has 0 radical (unpaired) electrons. The molecule has 4 rings (SSSR count). The van der Waals surface area contributed by atoms with E-state index in [0.29, 0.717) is 19.5 Å². The Hall–Kier alpha value is -1.60. The molecule has 1 amide bonds. The van der Waals surface area contributed by atoms with Crippen LogP contribution in [-0.2, 0) is 28.0 Å². The van der Waals surface area contributed by atoms with E-state index in [0.717, 1.165) is 31.4 Å². The van der Waals surface area contributed by atoms with Crippen LogP contribution in [0.15, 0.2) is 35.7 Å². The fourth-order valence-corrected chi connectivity index (χ4v) is 5.19. The van der Waals surface area contributed by atoms with Gasteiger partial charge < -0.3 is 20.5 Å². The maximum Gasteiger partial charge on any atom is 0.239 e. The van der Waals surface area contributed by atoms with Gasteiger partial charge >= 0.3 is 0 Å². The Morgan fingerprint density at radius 1 is 1.26 bits per heavy atom. The van der Waals surface area contributed by atoms with Gasteiger partial charge in [-0.05, 0) is 60.4 Å². The number of piperidine rings is 1. The number of phenols is 1. The summed E-state index contributed by atoms with van der Waals surface area (Å²) in [5, 5.41) is 11.5. The number of likely N-dealkylation sites (tertiary alicyclic amines) is 1. The lowest BCUT2D eigenvalue weighted by Gasteiger charge is -2.44. The van der Waals surface area contributed by atoms with Crippen molar-refractivity contribution in [1.82, 2.24) is 4.90 Å². The van der Waals surface area contributed by atoms with E-state index < -0.39 is 6.04 Å². The number of ether oxygens (including phenoxy) is 1. The molecule has 0 unspecified atom stereocenters. The lowest BCUT2D eigenvalue weighted by Crippen LogP contribution is -2.52. The SMILES string of the molecule is Cl.N[C@@H](Cc1ccc(O)cc1)C(=O)N1CCC2(CC1)OCCc1ccsc12. The number of hydrogen-bond acceptors (Lipinski definition) is 5. The number of nitrogens with zero attached hydrogens (tertiary/aromatic N) is 1. The van der Waals surface area contributed by atoms with Crippen molar-refractivity contribution in [2.75, 3.05) is 19.7 Å². The predicted molar refractivity (Wildman–Crippen MR) is 109 cm³/mol. The largest absolute Gasteiger partial charge is 0.508 e. The number of fused-ring (bicyclic) bond motifs is 2. The van der Waals surface area contributed by atoms with Gasteiger partial charge in [0.2, 0.25) is 5.91 Å². The van der Waals surface area contributed by atoms with Crippen LogP contribution < -0.4 is 5.73 Å². The summed E-state index contributed by atoms with van der Waals surface area (Å²) in [7, 11) is 0. The zero-order chi connectivity index (χ0) is 18.1. The third-order valence-electron chi connectivity index (χ3n) is 5.50. The molecule has 2 aliphatic heterocycles. The van der Waals surface area contributed by atoms with Crippen molar-refractivity contribution in [3.8, 4) is 5.75 Å². The summed E-state index contributed by atoms with van der Waals surface area (Å²) in [6.45, 7) is 2.12. The highest BCUT2D eigenvalue weighted by Crippen LogP contribution is 2.44. The summed E-state index contributed by atoms with van der Waals surface area (Å²) in [6.07, 6.45) is 3.13. The van der Waals surface area contributed by atoms with Crippen LogP contribution in [0.4, 0.5) is 0 Å². The van der Waals surface area contributed by atoms with Crippen LogP contribution in [0.3, 0.4) is 0 Å². The number of halogens is 1. The van der Waals surface area contributed by atoms with Crippen molar-refractivity contribution in [3.05, 3.63) is 51.7 Å². The van der Waals surface area contributed by atoms with Crippen molar-refractivity contribution >= 4 is 29.7 Å². The second-order valence-electron chi connectivity index (χ2n) is 7.17. The molecule has 7 heteroatoms. The van der Waals surface area contributed by atoms with Gasteiger partial charge in [0, 0.05) is 18.0 Å². The highest BCUT2D eigenvalue weighted by atomic mass is 35.5. The Balaban J connectivity index is 0.00000210. The van der Waals surface area contributed by atoms with E-state index in [1.807, 2.05) is 17.0 Å². The molecule has 0 saturated carbocycles. The molecule has 1 atom stereocenters. The van der Waals surface area contributed by atoms with E-state index in [2.05, 4.69) is 11.4 Å². The first-order valence-electron chi connectivity index (χ1n) is 9.10. The van der Waals surface area contributed by atoms with Gasteiger partial charge in [0.15, 0.2) is 0 Å². The minimum atomic E-state index is -0.557. The fourth-order valence-electron chi connectivity index (χ4n) is 4.02. The fraction of sp³-hybridized carbons (Fsp3) is 0.450. The number of amides is 1. The molecule has 1 fully saturated rings. The summed E-state index contributed by atoms with van der Waals surface area (Å²) in [6, 6.07) is 8.50. The van der Waals surface area contributed by atoms with Gasteiger partial charge in [0.1, 0.15) is 11.4 Å².